The van der Waals surface area contributed by atoms with Crippen molar-refractivity contribution in [3.05, 3.63) is 82.1 Å². The summed E-state index contributed by atoms with van der Waals surface area (Å²) in [7, 11) is 0. The number of hydrogen-bond donors (Lipinski definition) is 2. The van der Waals surface area contributed by atoms with Crippen molar-refractivity contribution in [2.24, 2.45) is 0 Å². The van der Waals surface area contributed by atoms with E-state index in [2.05, 4.69) is 10.3 Å². The molecule has 0 bridgehead atoms. The number of nitrogens with one attached hydrogen (secondary N) is 2. The number of benzene rings is 2. The highest BCUT2D eigenvalue weighted by molar-refractivity contribution is 5.90. The first-order chi connectivity index (χ1) is 14.1. The van der Waals surface area contributed by atoms with Crippen molar-refractivity contribution in [1.29, 1.82) is 0 Å². The Kier molecular flexibility index (Phi) is 5.42. The Labute approximate surface area is 168 Å². The number of amides is 2. The van der Waals surface area contributed by atoms with Crippen molar-refractivity contribution in [3.63, 3.8) is 0 Å². The number of rotatable bonds is 6. The highest BCUT2D eigenvalue weighted by Gasteiger charge is 2.35. The van der Waals surface area contributed by atoms with E-state index >= 15 is 0 Å². The lowest BCUT2D eigenvalue weighted by Crippen LogP contribution is -2.45. The predicted octanol–water partition coefficient (Wildman–Crippen LogP) is 2.38. The summed E-state index contributed by atoms with van der Waals surface area (Å²) in [6.45, 7) is 0.784. The van der Waals surface area contributed by atoms with E-state index in [9.17, 15) is 14.4 Å². The van der Waals surface area contributed by atoms with Crippen LogP contribution in [0.2, 0.25) is 0 Å². The van der Waals surface area contributed by atoms with Crippen LogP contribution in [0.1, 0.15) is 24.0 Å². The minimum Gasteiger partial charge on any atom is -0.354 e. The molecule has 4 rings (SSSR count). The number of fused-ring (bicyclic) bond motifs is 1. The second kappa shape index (κ2) is 8.31. The molecule has 29 heavy (non-hydrogen) atoms. The van der Waals surface area contributed by atoms with Gasteiger partial charge >= 0.3 is 0 Å². The molecule has 6 heteroatoms. The second-order valence-electron chi connectivity index (χ2n) is 7.31. The van der Waals surface area contributed by atoms with E-state index in [1.54, 1.807) is 4.90 Å². The van der Waals surface area contributed by atoms with Crippen molar-refractivity contribution in [3.8, 4) is 0 Å². The van der Waals surface area contributed by atoms with E-state index in [-0.39, 0.29) is 17.4 Å². The van der Waals surface area contributed by atoms with Crippen molar-refractivity contribution < 1.29 is 9.59 Å². The molecule has 1 aromatic heterocycles. The Morgan fingerprint density at radius 1 is 1.07 bits per heavy atom. The monoisotopic (exact) mass is 389 g/mol. The summed E-state index contributed by atoms with van der Waals surface area (Å²) < 4.78 is 0. The predicted molar refractivity (Wildman–Crippen MR) is 111 cm³/mol. The third-order valence-electron chi connectivity index (χ3n) is 5.35. The Balaban J connectivity index is 1.38. The maximum Gasteiger partial charge on any atom is 0.251 e. The van der Waals surface area contributed by atoms with Crippen LogP contribution in [0.4, 0.5) is 0 Å². The molecule has 0 radical (unpaired) electrons. The van der Waals surface area contributed by atoms with E-state index in [4.69, 9.17) is 0 Å². The van der Waals surface area contributed by atoms with Gasteiger partial charge in [0.2, 0.25) is 11.8 Å². The van der Waals surface area contributed by atoms with Gasteiger partial charge in [0.1, 0.15) is 6.04 Å². The molecule has 2 amide bonds. The van der Waals surface area contributed by atoms with Crippen LogP contribution in [0.25, 0.3) is 10.9 Å². The lowest BCUT2D eigenvalue weighted by Gasteiger charge is -2.24. The highest BCUT2D eigenvalue weighted by Crippen LogP contribution is 2.21. The van der Waals surface area contributed by atoms with Gasteiger partial charge in [-0.2, -0.15) is 0 Å². The summed E-state index contributed by atoms with van der Waals surface area (Å²) in [5, 5.41) is 3.86. The number of aromatic amines is 1. The molecule has 1 unspecified atom stereocenters. The fraction of sp³-hybridized carbons (Fsp3) is 0.261. The zero-order chi connectivity index (χ0) is 20.2. The van der Waals surface area contributed by atoms with Crippen LogP contribution in [0, 0.1) is 0 Å². The van der Waals surface area contributed by atoms with Gasteiger partial charge in [-0.05, 0) is 35.9 Å². The van der Waals surface area contributed by atoms with Crippen LogP contribution >= 0.6 is 0 Å². The van der Waals surface area contributed by atoms with Gasteiger partial charge in [0.25, 0.3) is 5.56 Å². The normalized spacial score (nSPS) is 16.3. The van der Waals surface area contributed by atoms with Gasteiger partial charge in [0, 0.05) is 30.6 Å². The summed E-state index contributed by atoms with van der Waals surface area (Å²) in [5.41, 5.74) is 2.29. The third-order valence-corrected chi connectivity index (χ3v) is 5.35. The Hall–Kier alpha value is -3.41. The molecule has 2 aromatic carbocycles. The number of para-hydroxylation sites is 1. The Morgan fingerprint density at radius 3 is 2.66 bits per heavy atom. The molecular formula is C23H23N3O3. The van der Waals surface area contributed by atoms with E-state index in [1.807, 2.05) is 60.7 Å². The molecular weight excluding hydrogens is 366 g/mol. The molecule has 2 heterocycles. The largest absolute Gasteiger partial charge is 0.354 e. The molecule has 0 saturated carbocycles. The molecule has 1 atom stereocenters. The van der Waals surface area contributed by atoms with Crippen molar-refractivity contribution in [2.45, 2.75) is 31.8 Å². The average Bonchev–Trinajstić information content (AvgIpc) is 3.09. The molecule has 1 aliphatic heterocycles. The van der Waals surface area contributed by atoms with Crippen molar-refractivity contribution in [1.82, 2.24) is 15.2 Å². The second-order valence-corrected chi connectivity index (χ2v) is 7.31. The van der Waals surface area contributed by atoms with Crippen LogP contribution in [-0.2, 0) is 22.6 Å². The number of H-pyrrole nitrogens is 1. The van der Waals surface area contributed by atoms with Gasteiger partial charge in [-0.3, -0.25) is 14.4 Å². The average molecular weight is 389 g/mol. The van der Waals surface area contributed by atoms with Gasteiger partial charge < -0.3 is 15.2 Å². The van der Waals surface area contributed by atoms with Crippen molar-refractivity contribution >= 4 is 22.7 Å². The van der Waals surface area contributed by atoms with Gasteiger partial charge in [-0.25, -0.2) is 0 Å². The van der Waals surface area contributed by atoms with Crippen LogP contribution in [0.5, 0.6) is 0 Å². The summed E-state index contributed by atoms with van der Waals surface area (Å²) in [5.74, 6) is -0.163. The SMILES string of the molecule is O=C(NCCc1cc2ccccc2[nH]c1=O)C1CCC(=O)N1Cc1ccccc1. The minimum absolute atomic E-state index is 0.0000216. The third kappa shape index (κ3) is 4.21. The Morgan fingerprint density at radius 2 is 1.83 bits per heavy atom. The van der Waals surface area contributed by atoms with Gasteiger partial charge in [0.05, 0.1) is 0 Å². The molecule has 148 valence electrons. The summed E-state index contributed by atoms with van der Waals surface area (Å²) in [6.07, 6.45) is 1.34. The molecule has 1 fully saturated rings. The van der Waals surface area contributed by atoms with E-state index in [0.717, 1.165) is 16.5 Å². The molecule has 0 spiro atoms. The molecule has 6 nitrogen and oxygen atoms in total. The van der Waals surface area contributed by atoms with Crippen LogP contribution in [0.3, 0.4) is 0 Å². The molecule has 3 aromatic rings. The first-order valence-corrected chi connectivity index (χ1v) is 9.84. The maximum absolute atomic E-state index is 12.7. The molecule has 0 aliphatic carbocycles. The number of carbonyl (C=O) groups is 2. The number of carbonyl (C=O) groups excluding carboxylic acids is 2. The van der Waals surface area contributed by atoms with E-state index < -0.39 is 6.04 Å². The fourth-order valence-corrected chi connectivity index (χ4v) is 3.80. The van der Waals surface area contributed by atoms with E-state index in [0.29, 0.717) is 37.9 Å². The number of pyridine rings is 1. The smallest absolute Gasteiger partial charge is 0.251 e. The van der Waals surface area contributed by atoms with Crippen molar-refractivity contribution in [2.75, 3.05) is 6.54 Å². The van der Waals surface area contributed by atoms with Gasteiger partial charge in [-0.15, -0.1) is 0 Å². The quantitative estimate of drug-likeness (QED) is 0.679. The lowest BCUT2D eigenvalue weighted by molar-refractivity contribution is -0.135. The topological polar surface area (TPSA) is 82.3 Å². The Bertz CT molecular complexity index is 1090. The first-order valence-electron chi connectivity index (χ1n) is 9.84. The molecule has 1 saturated heterocycles. The lowest BCUT2D eigenvalue weighted by atomic mass is 10.1. The van der Waals surface area contributed by atoms with Crippen LogP contribution in [-0.4, -0.2) is 34.3 Å². The minimum atomic E-state index is -0.461. The number of nitrogens with zero attached hydrogens (tertiary/aromatic N) is 1. The van der Waals surface area contributed by atoms with Gasteiger partial charge in [-0.1, -0.05) is 48.5 Å². The number of hydrogen-bond acceptors (Lipinski definition) is 3. The fourth-order valence-electron chi connectivity index (χ4n) is 3.80. The standard InChI is InChI=1S/C23H23N3O3/c27-21-11-10-20(26(21)15-16-6-2-1-3-7-16)23(29)24-13-12-18-14-17-8-4-5-9-19(17)25-22(18)28/h1-9,14,20H,10-13,15H2,(H,24,29)(H,25,28). The first kappa shape index (κ1) is 18.9. The summed E-state index contributed by atoms with van der Waals surface area (Å²) in [4.78, 5) is 41.7. The summed E-state index contributed by atoms with van der Waals surface area (Å²) >= 11 is 0. The van der Waals surface area contributed by atoms with Gasteiger partial charge in [0.15, 0.2) is 0 Å². The number of aromatic nitrogens is 1. The molecule has 1 aliphatic rings. The number of likely N-dealkylation sites (tertiary alicyclic amines) is 1. The zero-order valence-corrected chi connectivity index (χ0v) is 16.1. The van der Waals surface area contributed by atoms with Crippen LogP contribution < -0.4 is 10.9 Å². The highest BCUT2D eigenvalue weighted by atomic mass is 16.2. The summed E-state index contributed by atoms with van der Waals surface area (Å²) in [6, 6.07) is 18.7. The molecule has 2 N–H and O–H groups in total. The van der Waals surface area contributed by atoms with Crippen LogP contribution in [0.15, 0.2) is 65.5 Å². The maximum atomic E-state index is 12.7. The van der Waals surface area contributed by atoms with E-state index in [1.165, 1.54) is 0 Å². The zero-order valence-electron chi connectivity index (χ0n) is 16.1.